The fourth-order valence-electron chi connectivity index (χ4n) is 3.39. The van der Waals surface area contributed by atoms with Crippen molar-refractivity contribution in [3.05, 3.63) is 60.2 Å². The van der Waals surface area contributed by atoms with Crippen molar-refractivity contribution in [2.75, 3.05) is 35.1 Å². The van der Waals surface area contributed by atoms with Gasteiger partial charge in [-0.2, -0.15) is 0 Å². The summed E-state index contributed by atoms with van der Waals surface area (Å²) in [6, 6.07) is 17.5. The summed E-state index contributed by atoms with van der Waals surface area (Å²) >= 11 is 0. The number of aryl methyl sites for hydroxylation is 1. The van der Waals surface area contributed by atoms with E-state index in [4.69, 9.17) is 4.74 Å². The van der Waals surface area contributed by atoms with E-state index >= 15 is 0 Å². The second-order valence-corrected chi connectivity index (χ2v) is 9.42. The van der Waals surface area contributed by atoms with Crippen LogP contribution in [0.1, 0.15) is 25.8 Å². The molecular weight excluding hydrogens is 360 g/mol. The zero-order valence-electron chi connectivity index (χ0n) is 16.0. The molecule has 0 aliphatic carbocycles. The number of rotatable bonds is 7. The highest BCUT2D eigenvalue weighted by atomic mass is 32.2. The Morgan fingerprint density at radius 3 is 2.44 bits per heavy atom. The highest BCUT2D eigenvalue weighted by Gasteiger charge is 2.30. The van der Waals surface area contributed by atoms with Crippen LogP contribution < -0.4 is 9.62 Å². The lowest BCUT2D eigenvalue weighted by atomic mass is 10.0. The molecule has 146 valence electrons. The molecule has 1 fully saturated rings. The number of anilines is 2. The van der Waals surface area contributed by atoms with Crippen molar-refractivity contribution in [3.63, 3.8) is 0 Å². The van der Waals surface area contributed by atoms with Crippen molar-refractivity contribution in [3.8, 4) is 0 Å². The van der Waals surface area contributed by atoms with E-state index in [2.05, 4.69) is 23.5 Å². The van der Waals surface area contributed by atoms with Gasteiger partial charge in [-0.3, -0.25) is 4.72 Å². The summed E-state index contributed by atoms with van der Waals surface area (Å²) in [6.07, 6.45) is 1.35. The SMILES string of the molecule is CC1(C)COCCN1c1ccc(NS(=O)(=O)CCCc2ccccc2)cc1. The molecule has 0 spiro atoms. The number of hydrogen-bond acceptors (Lipinski definition) is 4. The normalized spacial score (nSPS) is 16.9. The number of nitrogens with one attached hydrogen (secondary N) is 1. The van der Waals surface area contributed by atoms with Crippen LogP contribution in [0.2, 0.25) is 0 Å². The van der Waals surface area contributed by atoms with E-state index in [0.29, 0.717) is 25.3 Å². The number of sulfonamides is 1. The smallest absolute Gasteiger partial charge is 0.232 e. The molecule has 1 saturated heterocycles. The number of morpholine rings is 1. The molecule has 1 heterocycles. The Morgan fingerprint density at radius 1 is 1.07 bits per heavy atom. The molecule has 2 aromatic rings. The lowest BCUT2D eigenvalue weighted by molar-refractivity contribution is 0.0644. The van der Waals surface area contributed by atoms with Gasteiger partial charge in [0.1, 0.15) is 0 Å². The van der Waals surface area contributed by atoms with Crippen molar-refractivity contribution >= 4 is 21.4 Å². The lowest BCUT2D eigenvalue weighted by Gasteiger charge is -2.43. The van der Waals surface area contributed by atoms with Crippen LogP contribution in [0.5, 0.6) is 0 Å². The van der Waals surface area contributed by atoms with Gasteiger partial charge in [0.2, 0.25) is 10.0 Å². The van der Waals surface area contributed by atoms with Crippen LogP contribution in [-0.4, -0.2) is 39.5 Å². The Balaban J connectivity index is 1.57. The molecule has 0 unspecified atom stereocenters. The van der Waals surface area contributed by atoms with E-state index in [1.807, 2.05) is 54.6 Å². The summed E-state index contributed by atoms with van der Waals surface area (Å²) in [6.45, 7) is 6.52. The first-order valence-corrected chi connectivity index (χ1v) is 11.0. The van der Waals surface area contributed by atoms with Crippen LogP contribution in [-0.2, 0) is 21.2 Å². The third-order valence-electron chi connectivity index (χ3n) is 4.82. The highest BCUT2D eigenvalue weighted by molar-refractivity contribution is 7.92. The Hall–Kier alpha value is -2.05. The van der Waals surface area contributed by atoms with Gasteiger partial charge >= 0.3 is 0 Å². The molecule has 1 aliphatic rings. The van der Waals surface area contributed by atoms with E-state index in [1.54, 1.807) is 0 Å². The Kier molecular flexibility index (Phi) is 6.07. The van der Waals surface area contributed by atoms with E-state index in [9.17, 15) is 8.42 Å². The van der Waals surface area contributed by atoms with Crippen molar-refractivity contribution in [2.24, 2.45) is 0 Å². The summed E-state index contributed by atoms with van der Waals surface area (Å²) in [5, 5.41) is 0. The van der Waals surface area contributed by atoms with Gasteiger partial charge in [0, 0.05) is 17.9 Å². The van der Waals surface area contributed by atoms with Crippen LogP contribution in [0.4, 0.5) is 11.4 Å². The van der Waals surface area contributed by atoms with Crippen LogP contribution in [0, 0.1) is 0 Å². The van der Waals surface area contributed by atoms with Crippen molar-refractivity contribution in [2.45, 2.75) is 32.2 Å². The largest absolute Gasteiger partial charge is 0.377 e. The fourth-order valence-corrected chi connectivity index (χ4v) is 4.51. The minimum absolute atomic E-state index is 0.0727. The van der Waals surface area contributed by atoms with Gasteiger partial charge in [0.25, 0.3) is 0 Å². The Morgan fingerprint density at radius 2 is 1.78 bits per heavy atom. The maximum atomic E-state index is 12.3. The van der Waals surface area contributed by atoms with Crippen molar-refractivity contribution in [1.82, 2.24) is 0 Å². The van der Waals surface area contributed by atoms with Crippen LogP contribution in [0.3, 0.4) is 0 Å². The predicted molar refractivity (Wildman–Crippen MR) is 111 cm³/mol. The molecule has 2 aromatic carbocycles. The fraction of sp³-hybridized carbons (Fsp3) is 0.429. The van der Waals surface area contributed by atoms with Crippen LogP contribution in [0.15, 0.2) is 54.6 Å². The molecule has 5 nitrogen and oxygen atoms in total. The molecule has 0 radical (unpaired) electrons. The summed E-state index contributed by atoms with van der Waals surface area (Å²) in [5.74, 6) is 0.111. The van der Waals surface area contributed by atoms with Gasteiger partial charge in [0.05, 0.1) is 24.5 Å². The minimum Gasteiger partial charge on any atom is -0.377 e. The molecule has 0 saturated carbocycles. The number of hydrogen-bond donors (Lipinski definition) is 1. The van der Waals surface area contributed by atoms with Gasteiger partial charge in [-0.05, 0) is 56.5 Å². The molecule has 1 aliphatic heterocycles. The molecule has 0 aromatic heterocycles. The Labute approximate surface area is 162 Å². The van der Waals surface area contributed by atoms with E-state index in [1.165, 1.54) is 0 Å². The molecular formula is C21H28N2O3S. The van der Waals surface area contributed by atoms with E-state index in [-0.39, 0.29) is 11.3 Å². The molecule has 0 atom stereocenters. The Bertz CT molecular complexity index is 833. The summed E-state index contributed by atoms with van der Waals surface area (Å²) in [7, 11) is -3.35. The first kappa shape index (κ1) is 19.7. The maximum Gasteiger partial charge on any atom is 0.232 e. The number of nitrogens with zero attached hydrogens (tertiary/aromatic N) is 1. The van der Waals surface area contributed by atoms with Gasteiger partial charge in [-0.1, -0.05) is 30.3 Å². The van der Waals surface area contributed by atoms with Crippen molar-refractivity contribution < 1.29 is 13.2 Å². The van der Waals surface area contributed by atoms with Crippen LogP contribution >= 0.6 is 0 Å². The maximum absolute atomic E-state index is 12.3. The van der Waals surface area contributed by atoms with Crippen molar-refractivity contribution in [1.29, 1.82) is 0 Å². The molecule has 3 rings (SSSR count). The topological polar surface area (TPSA) is 58.6 Å². The third kappa shape index (κ3) is 5.47. The molecule has 6 heteroatoms. The number of benzene rings is 2. The summed E-state index contributed by atoms with van der Waals surface area (Å²) in [4.78, 5) is 2.30. The van der Waals surface area contributed by atoms with Gasteiger partial charge in [0.15, 0.2) is 0 Å². The van der Waals surface area contributed by atoms with Crippen LogP contribution in [0.25, 0.3) is 0 Å². The standard InChI is InChI=1S/C21H28N2O3S/c1-21(2)17-26-15-14-23(21)20-12-10-19(11-13-20)22-27(24,25)16-6-9-18-7-4-3-5-8-18/h3-5,7-8,10-13,22H,6,9,14-17H2,1-2H3. The average molecular weight is 389 g/mol. The third-order valence-corrected chi connectivity index (χ3v) is 6.19. The first-order valence-electron chi connectivity index (χ1n) is 9.36. The average Bonchev–Trinajstić information content (AvgIpc) is 2.63. The molecule has 0 amide bonds. The molecule has 27 heavy (non-hydrogen) atoms. The molecule has 1 N–H and O–H groups in total. The summed E-state index contributed by atoms with van der Waals surface area (Å²) < 4.78 is 32.9. The monoisotopic (exact) mass is 388 g/mol. The van der Waals surface area contributed by atoms with Gasteiger partial charge in [-0.15, -0.1) is 0 Å². The summed E-state index contributed by atoms with van der Waals surface area (Å²) in [5.41, 5.74) is 2.77. The lowest BCUT2D eigenvalue weighted by Crippen LogP contribution is -2.53. The second kappa shape index (κ2) is 8.31. The predicted octanol–water partition coefficient (Wildman–Crippen LogP) is 3.68. The number of ether oxygens (including phenoxy) is 1. The second-order valence-electron chi connectivity index (χ2n) is 7.57. The quantitative estimate of drug-likeness (QED) is 0.786. The van der Waals surface area contributed by atoms with E-state index < -0.39 is 10.0 Å². The van der Waals surface area contributed by atoms with Gasteiger partial charge < -0.3 is 9.64 Å². The zero-order chi connectivity index (χ0) is 19.3. The molecule has 0 bridgehead atoms. The highest BCUT2D eigenvalue weighted by Crippen LogP contribution is 2.28. The van der Waals surface area contributed by atoms with Gasteiger partial charge in [-0.25, -0.2) is 8.42 Å². The first-order chi connectivity index (χ1) is 12.9. The minimum atomic E-state index is -3.35. The van der Waals surface area contributed by atoms with E-state index in [0.717, 1.165) is 24.2 Å². The zero-order valence-corrected chi connectivity index (χ0v) is 16.8.